The molecule has 0 atom stereocenters. The van der Waals surface area contributed by atoms with Crippen LogP contribution in [0.2, 0.25) is 0 Å². The van der Waals surface area contributed by atoms with Gasteiger partial charge in [-0.15, -0.1) is 0 Å². The number of hydrogen-bond donors (Lipinski definition) is 3. The summed E-state index contributed by atoms with van der Waals surface area (Å²) >= 11 is 2.15. The van der Waals surface area contributed by atoms with Crippen LogP contribution in [-0.2, 0) is 4.84 Å². The number of hydrogen-bond acceptors (Lipinski definition) is 4. The lowest BCUT2D eigenvalue weighted by Gasteiger charge is -2.15. The Morgan fingerprint density at radius 2 is 2.00 bits per heavy atom. The van der Waals surface area contributed by atoms with Crippen LogP contribution in [0.5, 0.6) is 0 Å². The van der Waals surface area contributed by atoms with E-state index in [0.717, 1.165) is 15.2 Å². The quantitative estimate of drug-likeness (QED) is 0.306. The van der Waals surface area contributed by atoms with Crippen LogP contribution in [0.4, 0.5) is 20.2 Å². The first kappa shape index (κ1) is 20.5. The normalized spacial score (nSPS) is 10.7. The number of carbonyl (C=O) groups excluding carboxylic acids is 1. The van der Waals surface area contributed by atoms with Crippen molar-refractivity contribution in [1.29, 1.82) is 0 Å². The third-order valence-corrected chi connectivity index (χ3v) is 4.28. The van der Waals surface area contributed by atoms with Crippen molar-refractivity contribution < 1.29 is 23.5 Å². The van der Waals surface area contributed by atoms with E-state index in [-0.39, 0.29) is 24.5 Å². The van der Waals surface area contributed by atoms with Gasteiger partial charge >= 0.3 is 0 Å². The van der Waals surface area contributed by atoms with Crippen LogP contribution in [-0.4, -0.2) is 24.2 Å². The minimum absolute atomic E-state index is 0.0317. The fraction of sp³-hybridized carbons (Fsp3) is 0.278. The number of nitrogens with one attached hydrogen (secondary N) is 2. The maximum atomic E-state index is 14.3. The molecule has 8 heteroatoms. The monoisotopic (exact) mass is 476 g/mol. The second-order valence-corrected chi connectivity index (χ2v) is 6.82. The average molecular weight is 476 g/mol. The van der Waals surface area contributed by atoms with E-state index in [4.69, 9.17) is 9.94 Å². The Morgan fingerprint density at radius 1 is 1.23 bits per heavy atom. The smallest absolute Gasteiger partial charge is 0.277 e. The van der Waals surface area contributed by atoms with Gasteiger partial charge in [-0.05, 0) is 78.3 Å². The summed E-state index contributed by atoms with van der Waals surface area (Å²) < 4.78 is 29.0. The molecule has 0 aromatic heterocycles. The van der Waals surface area contributed by atoms with Crippen LogP contribution in [0.15, 0.2) is 30.3 Å². The number of amides is 1. The molecule has 0 saturated carbocycles. The van der Waals surface area contributed by atoms with Crippen LogP contribution in [0, 0.1) is 22.1 Å². The Morgan fingerprint density at radius 3 is 2.69 bits per heavy atom. The number of hydroxylamine groups is 1. The van der Waals surface area contributed by atoms with Crippen LogP contribution in [0.1, 0.15) is 28.8 Å². The second-order valence-electron chi connectivity index (χ2n) is 5.58. The van der Waals surface area contributed by atoms with E-state index in [2.05, 4.69) is 33.4 Å². The van der Waals surface area contributed by atoms with Gasteiger partial charge in [-0.3, -0.25) is 9.63 Å². The minimum atomic E-state index is -1.14. The summed E-state index contributed by atoms with van der Waals surface area (Å²) in [6.45, 7) is 2.06. The maximum absolute atomic E-state index is 14.3. The molecule has 5 nitrogen and oxygen atoms in total. The lowest BCUT2D eigenvalue weighted by molar-refractivity contribution is 0.0289. The Hall–Kier alpha value is -1.78. The van der Waals surface area contributed by atoms with Gasteiger partial charge in [-0.25, -0.2) is 14.3 Å². The molecule has 0 aliphatic heterocycles. The maximum Gasteiger partial charge on any atom is 0.277 e. The van der Waals surface area contributed by atoms with Gasteiger partial charge in [0, 0.05) is 15.9 Å². The van der Waals surface area contributed by atoms with E-state index >= 15 is 0 Å². The van der Waals surface area contributed by atoms with Crippen molar-refractivity contribution >= 4 is 39.9 Å². The van der Waals surface area contributed by atoms with Crippen molar-refractivity contribution in [1.82, 2.24) is 5.48 Å². The first-order valence-corrected chi connectivity index (χ1v) is 9.06. The number of unbranched alkanes of at least 4 members (excludes halogenated alkanes) is 1. The van der Waals surface area contributed by atoms with Gasteiger partial charge in [0.2, 0.25) is 0 Å². The third-order valence-electron chi connectivity index (χ3n) is 3.61. The summed E-state index contributed by atoms with van der Waals surface area (Å²) in [5.74, 6) is -2.90. The third kappa shape index (κ3) is 5.36. The summed E-state index contributed by atoms with van der Waals surface area (Å²) in [5.41, 5.74) is 3.25. The molecule has 0 aliphatic carbocycles. The Labute approximate surface area is 163 Å². The molecule has 0 saturated heterocycles. The highest BCUT2D eigenvalue weighted by Crippen LogP contribution is 2.28. The standard InChI is InChI=1S/C18H19F2IN2O3/c1-11-10-12(21)4-7-15(11)22-17-13(5-6-14(19)16(17)20)18(25)23-26-9-3-2-8-24/h4-7,10,22,24H,2-3,8-9H2,1H3,(H,23,25). The van der Waals surface area contributed by atoms with Crippen molar-refractivity contribution in [3.05, 3.63) is 56.7 Å². The average Bonchev–Trinajstić information content (AvgIpc) is 2.60. The molecule has 1 amide bonds. The fourth-order valence-corrected chi connectivity index (χ4v) is 2.87. The Bertz CT molecular complexity index is 787. The highest BCUT2D eigenvalue weighted by molar-refractivity contribution is 14.1. The first-order valence-electron chi connectivity index (χ1n) is 7.98. The predicted octanol–water partition coefficient (Wildman–Crippen LogP) is 4.06. The van der Waals surface area contributed by atoms with Crippen LogP contribution < -0.4 is 10.8 Å². The highest BCUT2D eigenvalue weighted by atomic mass is 127. The number of benzene rings is 2. The SMILES string of the molecule is Cc1cc(I)ccc1Nc1c(C(=O)NOCCCCO)ccc(F)c1F. The van der Waals surface area contributed by atoms with Gasteiger partial charge in [-0.2, -0.15) is 0 Å². The second kappa shape index (κ2) is 9.79. The molecule has 2 rings (SSSR count). The molecule has 3 N–H and O–H groups in total. The molecular weight excluding hydrogens is 457 g/mol. The van der Waals surface area contributed by atoms with Gasteiger partial charge in [0.25, 0.3) is 5.91 Å². The van der Waals surface area contributed by atoms with Crippen molar-refractivity contribution in [2.24, 2.45) is 0 Å². The summed E-state index contributed by atoms with van der Waals surface area (Å²) in [4.78, 5) is 17.3. The molecule has 140 valence electrons. The first-order chi connectivity index (χ1) is 12.4. The zero-order valence-corrected chi connectivity index (χ0v) is 16.3. The van der Waals surface area contributed by atoms with Gasteiger partial charge in [0.05, 0.1) is 17.9 Å². The van der Waals surface area contributed by atoms with E-state index in [9.17, 15) is 13.6 Å². The van der Waals surface area contributed by atoms with Gasteiger partial charge in [0.15, 0.2) is 11.6 Å². The van der Waals surface area contributed by atoms with Crippen molar-refractivity contribution in [2.45, 2.75) is 19.8 Å². The molecule has 0 spiro atoms. The van der Waals surface area contributed by atoms with Crippen molar-refractivity contribution in [3.8, 4) is 0 Å². The molecule has 26 heavy (non-hydrogen) atoms. The summed E-state index contributed by atoms with van der Waals surface area (Å²) in [6.07, 6.45) is 1.10. The Kier molecular flexibility index (Phi) is 7.73. The lowest BCUT2D eigenvalue weighted by atomic mass is 10.1. The number of rotatable bonds is 8. The summed E-state index contributed by atoms with van der Waals surface area (Å²) in [7, 11) is 0. The van der Waals surface area contributed by atoms with Crippen molar-refractivity contribution in [2.75, 3.05) is 18.5 Å². The van der Waals surface area contributed by atoms with Crippen LogP contribution >= 0.6 is 22.6 Å². The van der Waals surface area contributed by atoms with E-state index < -0.39 is 17.5 Å². The number of aliphatic hydroxyl groups excluding tert-OH is 1. The number of aryl methyl sites for hydroxylation is 1. The molecule has 0 aliphatic rings. The highest BCUT2D eigenvalue weighted by Gasteiger charge is 2.19. The summed E-state index contributed by atoms with van der Waals surface area (Å²) in [5, 5.41) is 11.5. The molecule has 2 aromatic carbocycles. The summed E-state index contributed by atoms with van der Waals surface area (Å²) in [6, 6.07) is 7.51. The van der Waals surface area contributed by atoms with E-state index in [1.54, 1.807) is 6.07 Å². The van der Waals surface area contributed by atoms with Crippen LogP contribution in [0.3, 0.4) is 0 Å². The van der Waals surface area contributed by atoms with Crippen LogP contribution in [0.25, 0.3) is 0 Å². The predicted molar refractivity (Wildman–Crippen MR) is 103 cm³/mol. The molecule has 0 unspecified atom stereocenters. The van der Waals surface area contributed by atoms with E-state index in [0.29, 0.717) is 18.5 Å². The number of aliphatic hydroxyl groups is 1. The topological polar surface area (TPSA) is 70.6 Å². The van der Waals surface area contributed by atoms with Gasteiger partial charge in [0.1, 0.15) is 0 Å². The fourth-order valence-electron chi connectivity index (χ4n) is 2.22. The number of halogens is 3. The molecule has 0 heterocycles. The van der Waals surface area contributed by atoms with Crippen molar-refractivity contribution in [3.63, 3.8) is 0 Å². The molecule has 2 aromatic rings. The molecule has 0 bridgehead atoms. The number of anilines is 2. The zero-order valence-electron chi connectivity index (χ0n) is 14.1. The van der Waals surface area contributed by atoms with E-state index in [1.807, 2.05) is 19.1 Å². The molecule has 0 radical (unpaired) electrons. The molecular formula is C18H19F2IN2O3. The molecule has 0 fully saturated rings. The number of carbonyl (C=O) groups is 1. The van der Waals surface area contributed by atoms with E-state index in [1.165, 1.54) is 6.07 Å². The lowest BCUT2D eigenvalue weighted by Crippen LogP contribution is -2.25. The largest absolute Gasteiger partial charge is 0.396 e. The Balaban J connectivity index is 2.21. The zero-order chi connectivity index (χ0) is 19.1. The van der Waals surface area contributed by atoms with Gasteiger partial charge in [-0.1, -0.05) is 0 Å². The minimum Gasteiger partial charge on any atom is -0.396 e. The van der Waals surface area contributed by atoms with Gasteiger partial charge < -0.3 is 10.4 Å².